The molecule has 2 aromatic rings. The first-order valence-corrected chi connectivity index (χ1v) is 4.54. The highest BCUT2D eigenvalue weighted by Gasteiger charge is 2.04. The summed E-state index contributed by atoms with van der Waals surface area (Å²) in [4.78, 5) is 15.4. The van der Waals surface area contributed by atoms with Gasteiger partial charge in [0.15, 0.2) is 0 Å². The maximum absolute atomic E-state index is 11.6. The van der Waals surface area contributed by atoms with E-state index < -0.39 is 0 Å². The Bertz CT molecular complexity index is 440. The number of amides is 1. The molecule has 1 aromatic carbocycles. The second kappa shape index (κ2) is 4.37. The molecule has 0 aliphatic rings. The molecule has 0 saturated carbocycles. The fourth-order valence-corrected chi connectivity index (χ4v) is 1.18. The van der Waals surface area contributed by atoms with Crippen LogP contribution in [0.5, 0.6) is 0 Å². The monoisotopic (exact) mass is 197 g/mol. The molecular weight excluding hydrogens is 188 g/mol. The number of anilines is 1. The van der Waals surface area contributed by atoms with E-state index in [0.717, 1.165) is 5.69 Å². The van der Waals surface area contributed by atoms with Gasteiger partial charge >= 0.3 is 0 Å². The van der Waals surface area contributed by atoms with Gasteiger partial charge in [-0.2, -0.15) is 0 Å². The number of nitrogens with zero attached hydrogens (tertiary/aromatic N) is 1. The zero-order valence-electron chi connectivity index (χ0n) is 7.97. The van der Waals surface area contributed by atoms with Gasteiger partial charge in [0.2, 0.25) is 0 Å². The van der Waals surface area contributed by atoms with E-state index in [9.17, 15) is 4.79 Å². The average molecular weight is 197 g/mol. The highest BCUT2D eigenvalue weighted by atomic mass is 16.1. The van der Waals surface area contributed by atoms with Crippen molar-refractivity contribution in [2.24, 2.45) is 0 Å². The minimum atomic E-state index is -0.177. The summed E-state index contributed by atoms with van der Waals surface area (Å²) >= 11 is 0. The minimum Gasteiger partial charge on any atom is -0.322 e. The van der Waals surface area contributed by atoms with Gasteiger partial charge in [0.1, 0.15) is 0 Å². The van der Waals surface area contributed by atoms with E-state index in [-0.39, 0.29) is 5.91 Å². The van der Waals surface area contributed by atoms with E-state index in [0.29, 0.717) is 5.56 Å². The lowest BCUT2D eigenvalue weighted by Crippen LogP contribution is -2.11. The predicted molar refractivity (Wildman–Crippen MR) is 57.5 cm³/mol. The van der Waals surface area contributed by atoms with E-state index in [1.165, 1.54) is 6.20 Å². The first-order valence-electron chi connectivity index (χ1n) is 4.54. The molecule has 15 heavy (non-hydrogen) atoms. The summed E-state index contributed by atoms with van der Waals surface area (Å²) in [7, 11) is 0. The number of carbonyl (C=O) groups is 1. The molecule has 1 aromatic heterocycles. The van der Waals surface area contributed by atoms with Crippen LogP contribution in [0.3, 0.4) is 0 Å². The number of hydrogen-bond donors (Lipinski definition) is 1. The Kier molecular flexibility index (Phi) is 2.74. The van der Waals surface area contributed by atoms with Gasteiger partial charge in [-0.15, -0.1) is 0 Å². The van der Waals surface area contributed by atoms with Crippen molar-refractivity contribution in [2.45, 2.75) is 0 Å². The number of para-hydroxylation sites is 1. The highest BCUT2D eigenvalue weighted by Crippen LogP contribution is 2.07. The number of carbonyl (C=O) groups excluding carboxylic acids is 1. The van der Waals surface area contributed by atoms with Crippen LogP contribution in [-0.4, -0.2) is 10.9 Å². The van der Waals surface area contributed by atoms with Crippen LogP contribution in [0.1, 0.15) is 10.4 Å². The highest BCUT2D eigenvalue weighted by molar-refractivity contribution is 6.03. The molecule has 0 aliphatic carbocycles. The average Bonchev–Trinajstić information content (AvgIpc) is 2.31. The van der Waals surface area contributed by atoms with Crippen molar-refractivity contribution in [3.05, 3.63) is 60.4 Å². The SMILES string of the molecule is O=C(Nc1ccccc1)c1[c]cncc1. The number of hydrogen-bond acceptors (Lipinski definition) is 2. The Morgan fingerprint density at radius 1 is 1.20 bits per heavy atom. The first-order chi connectivity index (χ1) is 7.36. The first kappa shape index (κ1) is 9.40. The van der Waals surface area contributed by atoms with Gasteiger partial charge < -0.3 is 5.32 Å². The number of rotatable bonds is 2. The van der Waals surface area contributed by atoms with Crippen LogP contribution in [0.4, 0.5) is 5.69 Å². The summed E-state index contributed by atoms with van der Waals surface area (Å²) in [6, 6.07) is 13.7. The van der Waals surface area contributed by atoms with Crippen LogP contribution >= 0.6 is 0 Å². The molecule has 0 unspecified atom stereocenters. The maximum Gasteiger partial charge on any atom is 0.256 e. The Balaban J connectivity index is 2.12. The van der Waals surface area contributed by atoms with E-state index >= 15 is 0 Å². The molecule has 0 saturated heterocycles. The zero-order valence-corrected chi connectivity index (χ0v) is 7.97. The van der Waals surface area contributed by atoms with Crippen molar-refractivity contribution in [3.63, 3.8) is 0 Å². The molecule has 1 amide bonds. The molecule has 0 bridgehead atoms. The lowest BCUT2D eigenvalue weighted by atomic mass is 10.2. The molecule has 0 spiro atoms. The fraction of sp³-hybridized carbons (Fsp3) is 0. The summed E-state index contributed by atoms with van der Waals surface area (Å²) in [5, 5.41) is 2.76. The summed E-state index contributed by atoms with van der Waals surface area (Å²) in [5.74, 6) is -0.177. The normalized spacial score (nSPS) is 9.60. The zero-order chi connectivity index (χ0) is 10.5. The van der Waals surface area contributed by atoms with Crippen molar-refractivity contribution < 1.29 is 4.79 Å². The van der Waals surface area contributed by atoms with Gasteiger partial charge in [0, 0.05) is 24.1 Å². The molecule has 0 aliphatic heterocycles. The predicted octanol–water partition coefficient (Wildman–Crippen LogP) is 2.13. The largest absolute Gasteiger partial charge is 0.322 e. The summed E-state index contributed by atoms with van der Waals surface area (Å²) < 4.78 is 0. The van der Waals surface area contributed by atoms with Gasteiger partial charge in [0.25, 0.3) is 5.91 Å². The quantitative estimate of drug-likeness (QED) is 0.801. The van der Waals surface area contributed by atoms with Crippen molar-refractivity contribution >= 4 is 11.6 Å². The third-order valence-electron chi connectivity index (χ3n) is 1.90. The molecule has 1 N–H and O–H groups in total. The lowest BCUT2D eigenvalue weighted by Gasteiger charge is -2.03. The second-order valence-corrected chi connectivity index (χ2v) is 2.97. The Morgan fingerprint density at radius 3 is 2.67 bits per heavy atom. The fourth-order valence-electron chi connectivity index (χ4n) is 1.18. The molecule has 3 nitrogen and oxygen atoms in total. The summed E-state index contributed by atoms with van der Waals surface area (Å²) in [6.45, 7) is 0. The molecule has 1 heterocycles. The van der Waals surface area contributed by atoms with Gasteiger partial charge in [-0.3, -0.25) is 9.78 Å². The van der Waals surface area contributed by atoms with Crippen LogP contribution in [-0.2, 0) is 0 Å². The number of benzene rings is 1. The molecule has 2 rings (SSSR count). The van der Waals surface area contributed by atoms with Gasteiger partial charge in [0.05, 0.1) is 5.56 Å². The van der Waals surface area contributed by atoms with Crippen LogP contribution < -0.4 is 5.32 Å². The van der Waals surface area contributed by atoms with Crippen molar-refractivity contribution in [3.8, 4) is 0 Å². The van der Waals surface area contributed by atoms with Crippen LogP contribution in [0.15, 0.2) is 48.8 Å². The van der Waals surface area contributed by atoms with Gasteiger partial charge in [-0.05, 0) is 18.2 Å². The van der Waals surface area contributed by atoms with Gasteiger partial charge in [-0.25, -0.2) is 0 Å². The Labute approximate surface area is 87.8 Å². The van der Waals surface area contributed by atoms with Gasteiger partial charge in [-0.1, -0.05) is 18.2 Å². The number of aromatic nitrogens is 1. The molecule has 0 atom stereocenters. The second-order valence-electron chi connectivity index (χ2n) is 2.97. The number of pyridine rings is 1. The van der Waals surface area contributed by atoms with Crippen molar-refractivity contribution in [1.82, 2.24) is 4.98 Å². The standard InChI is InChI=1S/C12H9N2O/c15-12(10-6-8-13-9-7-10)14-11-4-2-1-3-5-11/h1-6,8-9H,(H,14,15). The summed E-state index contributed by atoms with van der Waals surface area (Å²) in [6.07, 6.45) is 3.04. The minimum absolute atomic E-state index is 0.177. The molecule has 3 heteroatoms. The smallest absolute Gasteiger partial charge is 0.256 e. The Hall–Kier alpha value is -2.16. The number of nitrogens with one attached hydrogen (secondary N) is 1. The van der Waals surface area contributed by atoms with Crippen molar-refractivity contribution in [2.75, 3.05) is 5.32 Å². The molecule has 1 radical (unpaired) electrons. The van der Waals surface area contributed by atoms with Crippen molar-refractivity contribution in [1.29, 1.82) is 0 Å². The molecular formula is C12H9N2O. The lowest BCUT2D eigenvalue weighted by molar-refractivity contribution is 0.102. The summed E-state index contributed by atoms with van der Waals surface area (Å²) in [5.41, 5.74) is 1.25. The third-order valence-corrected chi connectivity index (χ3v) is 1.90. The molecule has 0 fully saturated rings. The maximum atomic E-state index is 11.6. The van der Waals surface area contributed by atoms with E-state index in [2.05, 4.69) is 16.4 Å². The Morgan fingerprint density at radius 2 is 2.00 bits per heavy atom. The van der Waals surface area contributed by atoms with E-state index in [1.807, 2.05) is 30.3 Å². The van der Waals surface area contributed by atoms with E-state index in [1.54, 1.807) is 12.3 Å². The molecule has 73 valence electrons. The van der Waals surface area contributed by atoms with Crippen LogP contribution in [0, 0.1) is 6.07 Å². The van der Waals surface area contributed by atoms with E-state index in [4.69, 9.17) is 0 Å². The third kappa shape index (κ3) is 2.40. The van der Waals surface area contributed by atoms with Crippen LogP contribution in [0.25, 0.3) is 0 Å². The van der Waals surface area contributed by atoms with Crippen LogP contribution in [0.2, 0.25) is 0 Å². The topological polar surface area (TPSA) is 42.0 Å².